The van der Waals surface area contributed by atoms with Gasteiger partial charge in [-0.2, -0.15) is 0 Å². The van der Waals surface area contributed by atoms with E-state index in [-0.39, 0.29) is 0 Å². The van der Waals surface area contributed by atoms with Gasteiger partial charge >= 0.3 is 0 Å². The first-order chi connectivity index (χ1) is 9.92. The lowest BCUT2D eigenvalue weighted by atomic mass is 10.1. The van der Waals surface area contributed by atoms with Gasteiger partial charge in [0.15, 0.2) is 0 Å². The first-order valence-electron chi connectivity index (χ1n) is 7.23. The van der Waals surface area contributed by atoms with Crippen molar-refractivity contribution in [3.05, 3.63) is 53.9 Å². The first kappa shape index (κ1) is 13.1. The zero-order chi connectivity index (χ0) is 13.6. The van der Waals surface area contributed by atoms with Crippen LogP contribution in [0.5, 0.6) is 0 Å². The number of aromatic nitrogens is 2. The van der Waals surface area contributed by atoms with Crippen LogP contribution in [0, 0.1) is 0 Å². The second-order valence-corrected chi connectivity index (χ2v) is 5.10. The molecule has 0 bridgehead atoms. The van der Waals surface area contributed by atoms with Crippen molar-refractivity contribution in [1.29, 1.82) is 0 Å². The molecule has 0 unspecified atom stereocenters. The average Bonchev–Trinajstić information content (AvgIpc) is 2.78. The summed E-state index contributed by atoms with van der Waals surface area (Å²) in [6.07, 6.45) is 3.88. The lowest BCUT2D eigenvalue weighted by Crippen LogP contribution is -2.29. The third-order valence-electron chi connectivity index (χ3n) is 3.55. The minimum atomic E-state index is 0.863. The van der Waals surface area contributed by atoms with Crippen molar-refractivity contribution in [2.24, 2.45) is 0 Å². The van der Waals surface area contributed by atoms with E-state index in [4.69, 9.17) is 4.98 Å². The van der Waals surface area contributed by atoms with Gasteiger partial charge in [-0.25, -0.2) is 9.97 Å². The first-order valence-corrected chi connectivity index (χ1v) is 7.23. The Balaban J connectivity index is 1.75. The van der Waals surface area contributed by atoms with E-state index in [0.717, 1.165) is 50.7 Å². The van der Waals surface area contributed by atoms with Crippen LogP contribution in [0.1, 0.15) is 17.7 Å². The second-order valence-electron chi connectivity index (χ2n) is 5.10. The summed E-state index contributed by atoms with van der Waals surface area (Å²) in [4.78, 5) is 11.4. The van der Waals surface area contributed by atoms with Crippen LogP contribution in [-0.2, 0) is 6.42 Å². The van der Waals surface area contributed by atoms with Crippen LogP contribution in [0.25, 0.3) is 0 Å². The highest BCUT2D eigenvalue weighted by Crippen LogP contribution is 2.12. The van der Waals surface area contributed by atoms with Gasteiger partial charge in [0.05, 0.1) is 5.69 Å². The molecular formula is C16H20N4. The maximum absolute atomic E-state index is 4.72. The maximum atomic E-state index is 4.72. The second kappa shape index (κ2) is 6.48. The predicted molar refractivity (Wildman–Crippen MR) is 81.0 cm³/mol. The molecule has 0 atom stereocenters. The summed E-state index contributed by atoms with van der Waals surface area (Å²) >= 11 is 0. The number of benzene rings is 1. The summed E-state index contributed by atoms with van der Waals surface area (Å²) in [7, 11) is 0. The van der Waals surface area contributed by atoms with Crippen LogP contribution >= 0.6 is 0 Å². The summed E-state index contributed by atoms with van der Waals surface area (Å²) in [6, 6.07) is 12.5. The smallest absolute Gasteiger partial charge is 0.225 e. The Hall–Kier alpha value is -1.94. The molecular weight excluding hydrogens is 248 g/mol. The van der Waals surface area contributed by atoms with E-state index in [2.05, 4.69) is 39.5 Å². The molecule has 20 heavy (non-hydrogen) atoms. The molecule has 0 aliphatic carbocycles. The van der Waals surface area contributed by atoms with Crippen molar-refractivity contribution in [1.82, 2.24) is 15.3 Å². The van der Waals surface area contributed by atoms with Crippen molar-refractivity contribution < 1.29 is 0 Å². The number of rotatable bonds is 3. The van der Waals surface area contributed by atoms with Crippen LogP contribution < -0.4 is 10.2 Å². The number of hydrogen-bond acceptors (Lipinski definition) is 4. The normalized spacial score (nSPS) is 15.9. The molecule has 4 heteroatoms. The summed E-state index contributed by atoms with van der Waals surface area (Å²) in [5.41, 5.74) is 2.37. The van der Waals surface area contributed by atoms with Gasteiger partial charge in [0.1, 0.15) is 0 Å². The van der Waals surface area contributed by atoms with Gasteiger partial charge in [0.2, 0.25) is 5.95 Å². The Morgan fingerprint density at radius 2 is 1.95 bits per heavy atom. The molecule has 3 rings (SSSR count). The zero-order valence-corrected chi connectivity index (χ0v) is 11.6. The molecule has 0 amide bonds. The predicted octanol–water partition coefficient (Wildman–Crippen LogP) is 1.87. The topological polar surface area (TPSA) is 41.1 Å². The third kappa shape index (κ3) is 3.33. The Morgan fingerprint density at radius 1 is 1.05 bits per heavy atom. The summed E-state index contributed by atoms with van der Waals surface area (Å²) in [6.45, 7) is 4.10. The van der Waals surface area contributed by atoms with Crippen LogP contribution in [-0.4, -0.2) is 36.1 Å². The largest absolute Gasteiger partial charge is 0.339 e. The summed E-state index contributed by atoms with van der Waals surface area (Å²) < 4.78 is 0. The highest BCUT2D eigenvalue weighted by Gasteiger charge is 2.12. The highest BCUT2D eigenvalue weighted by molar-refractivity contribution is 5.32. The van der Waals surface area contributed by atoms with E-state index in [9.17, 15) is 0 Å². The number of hydrogen-bond donors (Lipinski definition) is 1. The molecule has 0 spiro atoms. The minimum Gasteiger partial charge on any atom is -0.339 e. The van der Waals surface area contributed by atoms with Gasteiger partial charge in [-0.15, -0.1) is 0 Å². The summed E-state index contributed by atoms with van der Waals surface area (Å²) in [5.74, 6) is 0.863. The monoisotopic (exact) mass is 268 g/mol. The van der Waals surface area contributed by atoms with Crippen molar-refractivity contribution in [2.45, 2.75) is 12.8 Å². The van der Waals surface area contributed by atoms with Crippen LogP contribution in [0.15, 0.2) is 42.6 Å². The van der Waals surface area contributed by atoms with Gasteiger partial charge in [-0.1, -0.05) is 30.3 Å². The lowest BCUT2D eigenvalue weighted by molar-refractivity contribution is 0.724. The van der Waals surface area contributed by atoms with Crippen LogP contribution in [0.3, 0.4) is 0 Å². The van der Waals surface area contributed by atoms with Crippen molar-refractivity contribution in [2.75, 3.05) is 31.1 Å². The minimum absolute atomic E-state index is 0.863. The van der Waals surface area contributed by atoms with Gasteiger partial charge < -0.3 is 10.2 Å². The third-order valence-corrected chi connectivity index (χ3v) is 3.55. The standard InChI is InChI=1S/C16H20N4/c1-2-5-14(6-3-1)13-15-7-9-18-16(19-15)20-11-4-8-17-10-12-20/h1-3,5-7,9,17H,4,8,10-13H2. The Bertz CT molecular complexity index is 533. The van der Waals surface area contributed by atoms with E-state index in [1.807, 2.05) is 18.3 Å². The Kier molecular flexibility index (Phi) is 4.23. The molecule has 1 fully saturated rings. The fraction of sp³-hybridized carbons (Fsp3) is 0.375. The molecule has 1 aliphatic heterocycles. The molecule has 2 heterocycles. The highest BCUT2D eigenvalue weighted by atomic mass is 15.3. The number of anilines is 1. The van der Waals surface area contributed by atoms with E-state index >= 15 is 0 Å². The molecule has 1 N–H and O–H groups in total. The Morgan fingerprint density at radius 3 is 2.85 bits per heavy atom. The van der Waals surface area contributed by atoms with E-state index in [1.165, 1.54) is 5.56 Å². The van der Waals surface area contributed by atoms with Gasteiger partial charge in [-0.05, 0) is 24.6 Å². The number of nitrogens with one attached hydrogen (secondary N) is 1. The molecule has 1 saturated heterocycles. The zero-order valence-electron chi connectivity index (χ0n) is 11.6. The van der Waals surface area contributed by atoms with Crippen molar-refractivity contribution in [3.63, 3.8) is 0 Å². The fourth-order valence-electron chi connectivity index (χ4n) is 2.49. The molecule has 1 aromatic carbocycles. The average molecular weight is 268 g/mol. The van der Waals surface area contributed by atoms with Gasteiger partial charge in [0.25, 0.3) is 0 Å². The van der Waals surface area contributed by atoms with E-state index in [0.29, 0.717) is 0 Å². The van der Waals surface area contributed by atoms with Crippen molar-refractivity contribution >= 4 is 5.95 Å². The van der Waals surface area contributed by atoms with Crippen LogP contribution in [0.2, 0.25) is 0 Å². The van der Waals surface area contributed by atoms with E-state index < -0.39 is 0 Å². The molecule has 1 aromatic heterocycles. The van der Waals surface area contributed by atoms with E-state index in [1.54, 1.807) is 0 Å². The van der Waals surface area contributed by atoms with Gasteiger partial charge in [-0.3, -0.25) is 0 Å². The lowest BCUT2D eigenvalue weighted by Gasteiger charge is -2.20. The maximum Gasteiger partial charge on any atom is 0.225 e. The Labute approximate surface area is 119 Å². The molecule has 1 aliphatic rings. The molecule has 2 aromatic rings. The molecule has 4 nitrogen and oxygen atoms in total. The summed E-state index contributed by atoms with van der Waals surface area (Å²) in [5, 5.41) is 3.40. The van der Waals surface area contributed by atoms with Crippen molar-refractivity contribution in [3.8, 4) is 0 Å². The SMILES string of the molecule is c1ccc(Cc2ccnc(N3CCCNCC3)n2)cc1. The quantitative estimate of drug-likeness (QED) is 0.922. The number of nitrogens with zero attached hydrogens (tertiary/aromatic N) is 3. The fourth-order valence-corrected chi connectivity index (χ4v) is 2.49. The van der Waals surface area contributed by atoms with Crippen LogP contribution in [0.4, 0.5) is 5.95 Å². The van der Waals surface area contributed by atoms with Gasteiger partial charge in [0, 0.05) is 32.3 Å². The molecule has 0 radical (unpaired) electrons. The molecule has 104 valence electrons. The molecule has 0 saturated carbocycles.